The third-order valence-corrected chi connectivity index (χ3v) is 7.14. The third-order valence-electron chi connectivity index (χ3n) is 6.89. The van der Waals surface area contributed by atoms with Gasteiger partial charge in [-0.05, 0) is 56.9 Å². The van der Waals surface area contributed by atoms with Crippen LogP contribution in [0, 0.1) is 6.92 Å². The van der Waals surface area contributed by atoms with E-state index in [9.17, 15) is 14.4 Å². The Morgan fingerprint density at radius 2 is 1.82 bits per heavy atom. The van der Waals surface area contributed by atoms with E-state index >= 15 is 0 Å². The number of hydrogen-bond acceptors (Lipinski definition) is 4. The molecule has 0 radical (unpaired) electrons. The third kappa shape index (κ3) is 4.06. The average molecular weight is 471 g/mol. The second kappa shape index (κ2) is 8.70. The van der Waals surface area contributed by atoms with Gasteiger partial charge in [0.1, 0.15) is 11.9 Å². The summed E-state index contributed by atoms with van der Waals surface area (Å²) >= 11 is 5.91. The largest absolute Gasteiger partial charge is 0.341 e. The molecule has 1 aromatic carbocycles. The van der Waals surface area contributed by atoms with Crippen LogP contribution in [0.15, 0.2) is 30.5 Å². The number of amides is 4. The van der Waals surface area contributed by atoms with E-state index in [2.05, 4.69) is 10.3 Å². The van der Waals surface area contributed by atoms with Crippen molar-refractivity contribution in [3.63, 3.8) is 0 Å². The van der Waals surface area contributed by atoms with Gasteiger partial charge < -0.3 is 20.0 Å². The number of rotatable bonds is 3. The van der Waals surface area contributed by atoms with Crippen LogP contribution in [0.2, 0.25) is 5.02 Å². The van der Waals surface area contributed by atoms with Crippen molar-refractivity contribution in [2.24, 2.45) is 0 Å². The fraction of sp³-hybridized carbons (Fsp3) is 0.478. The van der Waals surface area contributed by atoms with Gasteiger partial charge in [0.25, 0.3) is 0 Å². The van der Waals surface area contributed by atoms with Crippen molar-refractivity contribution in [2.45, 2.75) is 51.2 Å². The van der Waals surface area contributed by atoms with Gasteiger partial charge in [0, 0.05) is 36.4 Å². The Kier molecular flexibility index (Phi) is 5.74. The van der Waals surface area contributed by atoms with Crippen LogP contribution in [0.25, 0.3) is 0 Å². The van der Waals surface area contributed by atoms with Gasteiger partial charge in [0.05, 0.1) is 18.4 Å². The fourth-order valence-corrected chi connectivity index (χ4v) is 5.25. The van der Waals surface area contributed by atoms with Crippen LogP contribution in [-0.2, 0) is 11.3 Å². The maximum atomic E-state index is 13.3. The Morgan fingerprint density at radius 3 is 2.52 bits per heavy atom. The lowest BCUT2D eigenvalue weighted by molar-refractivity contribution is -0.136. The molecule has 4 heterocycles. The second-order valence-electron chi connectivity index (χ2n) is 8.89. The van der Waals surface area contributed by atoms with E-state index in [1.165, 1.54) is 0 Å². The molecular formula is C23H27ClN6O3. The van der Waals surface area contributed by atoms with Crippen LogP contribution in [0.1, 0.15) is 37.2 Å². The number of aromatic nitrogens is 2. The summed E-state index contributed by atoms with van der Waals surface area (Å²) in [6.07, 6.45) is 4.70. The molecule has 174 valence electrons. The number of hydrogen-bond donors (Lipinski definition) is 1. The lowest BCUT2D eigenvalue weighted by Gasteiger charge is -2.38. The number of fused-ring (bicyclic) bond motifs is 1. The molecule has 10 heteroatoms. The van der Waals surface area contributed by atoms with Crippen LogP contribution in [0.4, 0.5) is 15.3 Å². The zero-order valence-corrected chi connectivity index (χ0v) is 19.3. The summed E-state index contributed by atoms with van der Waals surface area (Å²) in [5.41, 5.74) is 1.57. The standard InChI is InChI=1S/C23H27ClN6O3/c1-15-25-13-19-14-29(23(33)30(15)19)18-8-11-27(12-9-18)21(31)20-3-2-10-28(20)22(32)26-17-6-4-16(24)5-7-17/h4-7,13,18,20H,2-3,8-12,14H2,1H3,(H,26,32)/t20-/m1/s1. The average Bonchev–Trinajstić information content (AvgIpc) is 3.53. The highest BCUT2D eigenvalue weighted by Gasteiger charge is 2.40. The first-order chi connectivity index (χ1) is 15.9. The first kappa shape index (κ1) is 21.8. The number of piperidine rings is 1. The van der Waals surface area contributed by atoms with E-state index in [4.69, 9.17) is 11.6 Å². The van der Waals surface area contributed by atoms with Crippen molar-refractivity contribution in [3.8, 4) is 0 Å². The molecule has 2 saturated heterocycles. The van der Waals surface area contributed by atoms with Gasteiger partial charge >= 0.3 is 12.1 Å². The summed E-state index contributed by atoms with van der Waals surface area (Å²) in [6, 6.07) is 6.28. The number of benzene rings is 1. The molecule has 1 aromatic heterocycles. The summed E-state index contributed by atoms with van der Waals surface area (Å²) in [6.45, 7) is 4.13. The Morgan fingerprint density at radius 1 is 1.09 bits per heavy atom. The smallest absolute Gasteiger partial charge is 0.330 e. The number of carbonyl (C=O) groups excluding carboxylic acids is 3. The number of imidazole rings is 1. The Labute approximate surface area is 197 Å². The minimum atomic E-state index is -0.447. The number of likely N-dealkylation sites (tertiary alicyclic amines) is 2. The second-order valence-corrected chi connectivity index (χ2v) is 9.32. The van der Waals surface area contributed by atoms with E-state index in [-0.39, 0.29) is 24.0 Å². The number of nitrogens with one attached hydrogen (secondary N) is 1. The highest BCUT2D eigenvalue weighted by molar-refractivity contribution is 6.30. The summed E-state index contributed by atoms with van der Waals surface area (Å²) in [5, 5.41) is 3.46. The highest BCUT2D eigenvalue weighted by Crippen LogP contribution is 2.28. The van der Waals surface area contributed by atoms with Crippen molar-refractivity contribution >= 4 is 35.3 Å². The predicted octanol–water partition coefficient (Wildman–Crippen LogP) is 3.32. The van der Waals surface area contributed by atoms with Crippen LogP contribution in [0.5, 0.6) is 0 Å². The van der Waals surface area contributed by atoms with Crippen LogP contribution in [0.3, 0.4) is 0 Å². The molecule has 3 aliphatic heterocycles. The van der Waals surface area contributed by atoms with Crippen molar-refractivity contribution in [3.05, 3.63) is 47.0 Å². The van der Waals surface area contributed by atoms with E-state index < -0.39 is 6.04 Å². The van der Waals surface area contributed by atoms with Gasteiger partial charge in [0.2, 0.25) is 5.91 Å². The monoisotopic (exact) mass is 470 g/mol. The first-order valence-electron chi connectivity index (χ1n) is 11.4. The number of carbonyl (C=O) groups is 3. The summed E-state index contributed by atoms with van der Waals surface area (Å²) < 4.78 is 1.67. The van der Waals surface area contributed by atoms with Gasteiger partial charge in [-0.1, -0.05) is 11.6 Å². The topological polar surface area (TPSA) is 90.8 Å². The van der Waals surface area contributed by atoms with E-state index in [1.807, 2.05) is 16.7 Å². The molecular weight excluding hydrogens is 444 g/mol. The molecule has 0 bridgehead atoms. The number of urea groups is 1. The van der Waals surface area contributed by atoms with Crippen molar-refractivity contribution in [2.75, 3.05) is 25.0 Å². The molecule has 33 heavy (non-hydrogen) atoms. The Bertz CT molecular complexity index is 1080. The molecule has 4 amide bonds. The minimum absolute atomic E-state index is 0.00346. The zero-order valence-electron chi connectivity index (χ0n) is 18.5. The molecule has 1 atom stereocenters. The van der Waals surface area contributed by atoms with Crippen molar-refractivity contribution < 1.29 is 14.4 Å². The maximum Gasteiger partial charge on any atom is 0.330 e. The van der Waals surface area contributed by atoms with E-state index in [0.29, 0.717) is 49.1 Å². The van der Waals surface area contributed by atoms with Crippen molar-refractivity contribution in [1.29, 1.82) is 0 Å². The van der Waals surface area contributed by atoms with Gasteiger partial charge in [-0.25, -0.2) is 14.6 Å². The molecule has 0 unspecified atom stereocenters. The number of halogens is 1. The van der Waals surface area contributed by atoms with Crippen LogP contribution in [-0.4, -0.2) is 73.9 Å². The van der Waals surface area contributed by atoms with E-state index in [1.54, 1.807) is 39.9 Å². The number of nitrogens with zero attached hydrogens (tertiary/aromatic N) is 5. The molecule has 9 nitrogen and oxygen atoms in total. The molecule has 2 fully saturated rings. The van der Waals surface area contributed by atoms with Gasteiger partial charge in [0.15, 0.2) is 0 Å². The van der Waals surface area contributed by atoms with Crippen molar-refractivity contribution in [1.82, 2.24) is 24.3 Å². The van der Waals surface area contributed by atoms with Crippen LogP contribution < -0.4 is 5.32 Å². The first-order valence-corrected chi connectivity index (χ1v) is 11.8. The molecule has 0 saturated carbocycles. The summed E-state index contributed by atoms with van der Waals surface area (Å²) in [4.78, 5) is 48.5. The molecule has 0 aliphatic carbocycles. The molecule has 0 spiro atoms. The molecule has 3 aliphatic rings. The lowest BCUT2D eigenvalue weighted by atomic mass is 10.0. The lowest BCUT2D eigenvalue weighted by Crippen LogP contribution is -2.53. The maximum absolute atomic E-state index is 13.3. The SMILES string of the molecule is Cc1ncc2n1C(=O)N(C1CCN(C(=O)[C@H]3CCCN3C(=O)Nc3ccc(Cl)cc3)CC1)C2. The summed E-state index contributed by atoms with van der Waals surface area (Å²) in [7, 11) is 0. The normalized spacial score (nSPS) is 21.0. The Balaban J connectivity index is 1.18. The minimum Gasteiger partial charge on any atom is -0.341 e. The zero-order chi connectivity index (χ0) is 23.1. The van der Waals surface area contributed by atoms with Gasteiger partial charge in [-0.15, -0.1) is 0 Å². The Hall–Kier alpha value is -3.07. The summed E-state index contributed by atoms with van der Waals surface area (Å²) in [5.74, 6) is 0.708. The van der Waals surface area contributed by atoms with Crippen LogP contribution >= 0.6 is 11.6 Å². The number of aryl methyl sites for hydroxylation is 1. The van der Waals surface area contributed by atoms with Gasteiger partial charge in [-0.2, -0.15) is 0 Å². The molecule has 2 aromatic rings. The quantitative estimate of drug-likeness (QED) is 0.745. The fourth-order valence-electron chi connectivity index (χ4n) is 5.12. The highest BCUT2D eigenvalue weighted by atomic mass is 35.5. The van der Waals surface area contributed by atoms with Gasteiger partial charge in [-0.3, -0.25) is 9.36 Å². The predicted molar refractivity (Wildman–Crippen MR) is 123 cm³/mol. The molecule has 1 N–H and O–H groups in total. The number of anilines is 1. The van der Waals surface area contributed by atoms with E-state index in [0.717, 1.165) is 25.0 Å². The molecule has 5 rings (SSSR count).